The highest BCUT2D eigenvalue weighted by molar-refractivity contribution is 8.00. The van der Waals surface area contributed by atoms with E-state index in [4.69, 9.17) is 21.1 Å². The van der Waals surface area contributed by atoms with Gasteiger partial charge in [-0.1, -0.05) is 0 Å². The average molecular weight is 401 g/mol. The lowest BCUT2D eigenvalue weighted by Crippen LogP contribution is -2.43. The molecule has 2 bridgehead atoms. The summed E-state index contributed by atoms with van der Waals surface area (Å²) in [6.45, 7) is 1.09. The van der Waals surface area contributed by atoms with Crippen molar-refractivity contribution in [1.82, 2.24) is 0 Å². The summed E-state index contributed by atoms with van der Waals surface area (Å²) in [5, 5.41) is 22.1. The number of nitro benzene ring substituents is 2. The van der Waals surface area contributed by atoms with E-state index in [-0.39, 0.29) is 27.9 Å². The molecule has 0 N–H and O–H groups in total. The Labute approximate surface area is 158 Å². The monoisotopic (exact) mass is 400 g/mol. The predicted octanol–water partition coefficient (Wildman–Crippen LogP) is 3.74. The first-order valence-corrected chi connectivity index (χ1v) is 9.73. The molecule has 2 saturated carbocycles. The third-order valence-corrected chi connectivity index (χ3v) is 7.55. The van der Waals surface area contributed by atoms with Crippen molar-refractivity contribution in [1.29, 1.82) is 0 Å². The van der Waals surface area contributed by atoms with Gasteiger partial charge >= 0.3 is 0 Å². The van der Waals surface area contributed by atoms with Crippen LogP contribution >= 0.6 is 23.4 Å². The summed E-state index contributed by atoms with van der Waals surface area (Å²) in [5.41, 5.74) is -0.567. The van der Waals surface area contributed by atoms with Gasteiger partial charge in [0.25, 0.3) is 11.4 Å². The number of ether oxygens (including phenoxy) is 2. The van der Waals surface area contributed by atoms with Crippen molar-refractivity contribution >= 4 is 34.7 Å². The van der Waals surface area contributed by atoms with Gasteiger partial charge in [0.2, 0.25) is 0 Å². The number of nitrogens with zero attached hydrogens (tertiary/aromatic N) is 2. The Morgan fingerprint density at radius 3 is 2.54 bits per heavy atom. The van der Waals surface area contributed by atoms with Crippen LogP contribution in [0.3, 0.4) is 0 Å². The molecule has 1 saturated heterocycles. The van der Waals surface area contributed by atoms with Crippen LogP contribution in [0.1, 0.15) is 19.3 Å². The van der Waals surface area contributed by atoms with Crippen molar-refractivity contribution in [3.8, 4) is 0 Å². The molecule has 8 nitrogen and oxygen atoms in total. The van der Waals surface area contributed by atoms with Crippen molar-refractivity contribution in [2.75, 3.05) is 13.2 Å². The summed E-state index contributed by atoms with van der Waals surface area (Å²) in [4.78, 5) is 21.5. The van der Waals surface area contributed by atoms with Gasteiger partial charge in [-0.2, -0.15) is 0 Å². The van der Waals surface area contributed by atoms with Gasteiger partial charge in [-0.25, -0.2) is 0 Å². The number of halogens is 1. The zero-order valence-electron chi connectivity index (χ0n) is 13.7. The lowest BCUT2D eigenvalue weighted by molar-refractivity contribution is -0.396. The van der Waals surface area contributed by atoms with E-state index in [1.807, 2.05) is 0 Å². The predicted molar refractivity (Wildman–Crippen MR) is 94.5 cm³/mol. The fourth-order valence-corrected chi connectivity index (χ4v) is 6.43. The lowest BCUT2D eigenvalue weighted by Gasteiger charge is -2.37. The maximum Gasteiger partial charge on any atom is 0.289 e. The van der Waals surface area contributed by atoms with Crippen LogP contribution in [0.2, 0.25) is 0 Å². The van der Waals surface area contributed by atoms with Crippen molar-refractivity contribution in [2.45, 2.75) is 40.6 Å². The quantitative estimate of drug-likeness (QED) is 0.430. The highest BCUT2D eigenvalue weighted by Gasteiger charge is 2.59. The number of benzene rings is 1. The van der Waals surface area contributed by atoms with Crippen molar-refractivity contribution in [3.63, 3.8) is 0 Å². The molecule has 2 aliphatic carbocycles. The van der Waals surface area contributed by atoms with Gasteiger partial charge in [0.1, 0.15) is 0 Å². The highest BCUT2D eigenvalue weighted by Crippen LogP contribution is 2.57. The molecule has 1 aliphatic heterocycles. The molecular formula is C16H17ClN2O6S. The normalized spacial score (nSPS) is 32.0. The van der Waals surface area contributed by atoms with Gasteiger partial charge in [0.15, 0.2) is 5.79 Å². The van der Waals surface area contributed by atoms with E-state index < -0.39 is 15.6 Å². The van der Waals surface area contributed by atoms with Gasteiger partial charge in [0.05, 0.1) is 34.0 Å². The molecule has 1 aromatic rings. The van der Waals surface area contributed by atoms with Crippen LogP contribution in [-0.2, 0) is 9.47 Å². The Bertz CT molecular complexity index is 756. The summed E-state index contributed by atoms with van der Waals surface area (Å²) in [6, 6.07) is 3.73. The Morgan fingerprint density at radius 1 is 1.15 bits per heavy atom. The van der Waals surface area contributed by atoms with Gasteiger partial charge in [-0.05, 0) is 24.8 Å². The summed E-state index contributed by atoms with van der Waals surface area (Å²) < 4.78 is 11.9. The first-order chi connectivity index (χ1) is 12.4. The molecule has 0 amide bonds. The topological polar surface area (TPSA) is 105 Å². The molecule has 4 atom stereocenters. The van der Waals surface area contributed by atoms with E-state index in [9.17, 15) is 20.2 Å². The standard InChI is InChI=1S/C16H17ClN2O6S/c17-12-6-9-5-11(16(8-9)24-3-4-25-16)15(12)26-14-2-1-10(18(20)21)7-13(14)19(22)23/h1-2,7,9,11-12,15H,3-6,8H2/t9-,11+,12-,15-/m0/s1. The molecule has 0 unspecified atom stereocenters. The fraction of sp³-hybridized carbons (Fsp3) is 0.625. The highest BCUT2D eigenvalue weighted by atomic mass is 35.5. The maximum absolute atomic E-state index is 11.4. The molecular weight excluding hydrogens is 384 g/mol. The van der Waals surface area contributed by atoms with Gasteiger partial charge < -0.3 is 9.47 Å². The van der Waals surface area contributed by atoms with Crippen LogP contribution in [0.15, 0.2) is 23.1 Å². The summed E-state index contributed by atoms with van der Waals surface area (Å²) >= 11 is 7.94. The minimum absolute atomic E-state index is 0.0473. The number of rotatable bonds is 4. The average Bonchev–Trinajstić information content (AvgIpc) is 3.17. The van der Waals surface area contributed by atoms with E-state index in [0.717, 1.165) is 25.3 Å². The Balaban J connectivity index is 1.65. The fourth-order valence-electron chi connectivity index (χ4n) is 4.41. The summed E-state index contributed by atoms with van der Waals surface area (Å²) in [6.07, 6.45) is 2.53. The zero-order chi connectivity index (χ0) is 18.5. The lowest BCUT2D eigenvalue weighted by atomic mass is 9.87. The number of alkyl halides is 1. The smallest absolute Gasteiger partial charge is 0.289 e. The number of nitro groups is 2. The van der Waals surface area contributed by atoms with Crippen molar-refractivity contribution < 1.29 is 19.3 Å². The third-order valence-electron chi connectivity index (χ3n) is 5.43. The van der Waals surface area contributed by atoms with Crippen LogP contribution in [0.4, 0.5) is 11.4 Å². The minimum atomic E-state index is -0.637. The SMILES string of the molecule is O=[N+]([O-])c1ccc(S[C@H]2[C@H]3C[C@@H](C[C@@H]2Cl)CC32OCCO2)c([N+](=O)[O-])c1. The molecule has 10 heteroatoms. The molecule has 1 aromatic carbocycles. The van der Waals surface area contributed by atoms with Crippen LogP contribution in [0.5, 0.6) is 0 Å². The minimum Gasteiger partial charge on any atom is -0.347 e. The molecule has 4 rings (SSSR count). The first kappa shape index (κ1) is 18.0. The van der Waals surface area contributed by atoms with Gasteiger partial charge in [-0.3, -0.25) is 20.2 Å². The third kappa shape index (κ3) is 2.96. The van der Waals surface area contributed by atoms with Crippen LogP contribution in [0, 0.1) is 32.1 Å². The van der Waals surface area contributed by atoms with Crippen LogP contribution in [-0.4, -0.2) is 39.5 Å². The molecule has 0 radical (unpaired) electrons. The Hall–Kier alpha value is -1.42. The van der Waals surface area contributed by atoms with Crippen LogP contribution < -0.4 is 0 Å². The zero-order valence-corrected chi connectivity index (χ0v) is 15.3. The first-order valence-electron chi connectivity index (χ1n) is 8.41. The number of thioether (sulfide) groups is 1. The molecule has 1 spiro atoms. The molecule has 3 aliphatic rings. The maximum atomic E-state index is 11.4. The Morgan fingerprint density at radius 2 is 1.88 bits per heavy atom. The largest absolute Gasteiger partial charge is 0.347 e. The second-order valence-corrected chi connectivity index (χ2v) is 8.70. The van der Waals surface area contributed by atoms with E-state index >= 15 is 0 Å². The van der Waals surface area contributed by atoms with E-state index in [2.05, 4.69) is 0 Å². The molecule has 140 valence electrons. The van der Waals surface area contributed by atoms with Gasteiger partial charge in [-0.15, -0.1) is 23.4 Å². The summed E-state index contributed by atoms with van der Waals surface area (Å²) in [7, 11) is 0. The van der Waals surface area contributed by atoms with E-state index in [0.29, 0.717) is 24.0 Å². The van der Waals surface area contributed by atoms with Gasteiger partial charge in [0, 0.05) is 29.0 Å². The number of hydrogen-bond donors (Lipinski definition) is 0. The number of non-ortho nitro benzene ring substituents is 1. The second kappa shape index (κ2) is 6.63. The molecule has 26 heavy (non-hydrogen) atoms. The van der Waals surface area contributed by atoms with Crippen LogP contribution in [0.25, 0.3) is 0 Å². The molecule has 3 fully saturated rings. The number of hydrogen-bond acceptors (Lipinski definition) is 7. The van der Waals surface area contributed by atoms with E-state index in [1.165, 1.54) is 23.9 Å². The number of fused-ring (bicyclic) bond motifs is 3. The molecule has 1 heterocycles. The summed E-state index contributed by atoms with van der Waals surface area (Å²) in [5.74, 6) is -0.156. The van der Waals surface area contributed by atoms with Crippen molar-refractivity contribution in [2.24, 2.45) is 11.8 Å². The van der Waals surface area contributed by atoms with E-state index in [1.54, 1.807) is 0 Å². The Kier molecular flexibility index (Phi) is 4.58. The van der Waals surface area contributed by atoms with Crippen molar-refractivity contribution in [3.05, 3.63) is 38.4 Å². The molecule has 0 aromatic heterocycles. The second-order valence-electron chi connectivity index (χ2n) is 6.92.